The van der Waals surface area contributed by atoms with Gasteiger partial charge < -0.3 is 14.4 Å². The molecule has 1 saturated carbocycles. The van der Waals surface area contributed by atoms with Crippen molar-refractivity contribution in [1.29, 1.82) is 5.41 Å². The van der Waals surface area contributed by atoms with Gasteiger partial charge in [0.15, 0.2) is 5.78 Å². The molecule has 0 radical (unpaired) electrons. The molecule has 1 aliphatic heterocycles. The maximum absolute atomic E-state index is 13.3. The van der Waals surface area contributed by atoms with Gasteiger partial charge in [0.05, 0.1) is 19.8 Å². The van der Waals surface area contributed by atoms with Gasteiger partial charge in [0.2, 0.25) is 0 Å². The molecule has 0 bridgehead atoms. The van der Waals surface area contributed by atoms with Crippen LogP contribution in [0.1, 0.15) is 67.2 Å². The summed E-state index contributed by atoms with van der Waals surface area (Å²) in [5.41, 5.74) is 2.37. The molecule has 3 aliphatic rings. The summed E-state index contributed by atoms with van der Waals surface area (Å²) in [6.45, 7) is 13.1. The van der Waals surface area contributed by atoms with Crippen molar-refractivity contribution in [3.05, 3.63) is 46.9 Å². The van der Waals surface area contributed by atoms with E-state index in [0.29, 0.717) is 17.4 Å². The first kappa shape index (κ1) is 26.0. The second-order valence-corrected chi connectivity index (χ2v) is 10.5. The summed E-state index contributed by atoms with van der Waals surface area (Å²) in [4.78, 5) is 28.3. The van der Waals surface area contributed by atoms with E-state index in [1.54, 1.807) is 26.3 Å². The van der Waals surface area contributed by atoms with Gasteiger partial charge in [-0.15, -0.1) is 0 Å². The number of rotatable bonds is 7. The van der Waals surface area contributed by atoms with Gasteiger partial charge in [-0.3, -0.25) is 10.2 Å². The van der Waals surface area contributed by atoms with Crippen molar-refractivity contribution < 1.29 is 19.1 Å². The number of Topliss-reactive ketones (excluding diaryl/α,β-unsaturated/α-hetero) is 1. The second kappa shape index (κ2) is 10.3. The zero-order chi connectivity index (χ0) is 25.2. The molecule has 186 valence electrons. The lowest BCUT2D eigenvalue weighted by atomic mass is 9.77. The lowest BCUT2D eigenvalue weighted by molar-refractivity contribution is -0.140. The van der Waals surface area contributed by atoms with Gasteiger partial charge in [-0.25, -0.2) is 4.79 Å². The Morgan fingerprint density at radius 2 is 2.03 bits per heavy atom. The summed E-state index contributed by atoms with van der Waals surface area (Å²) in [6, 6.07) is -0.0736. The number of carbonyl (C=O) groups is 2. The number of nitrogens with zero attached hydrogens (tertiary/aromatic N) is 1. The Hall–Kier alpha value is -2.63. The zero-order valence-electron chi connectivity index (χ0n) is 21.7. The van der Waals surface area contributed by atoms with Gasteiger partial charge in [-0.05, 0) is 55.1 Å². The molecule has 6 heteroatoms. The highest BCUT2D eigenvalue weighted by atomic mass is 16.5. The molecule has 34 heavy (non-hydrogen) atoms. The quantitative estimate of drug-likeness (QED) is 0.402. The molecule has 0 amide bonds. The van der Waals surface area contributed by atoms with E-state index in [1.807, 2.05) is 12.2 Å². The van der Waals surface area contributed by atoms with Crippen molar-refractivity contribution >= 4 is 17.5 Å². The van der Waals surface area contributed by atoms with E-state index in [2.05, 4.69) is 39.5 Å². The first-order valence-electron chi connectivity index (χ1n) is 12.5. The molecule has 1 heterocycles. The molecule has 0 aromatic carbocycles. The Morgan fingerprint density at radius 1 is 1.32 bits per heavy atom. The number of carbonyl (C=O) groups excluding carboxylic acids is 2. The minimum Gasteiger partial charge on any atom is -0.494 e. The lowest BCUT2D eigenvalue weighted by Gasteiger charge is -2.47. The molecule has 3 rings (SSSR count). The third kappa shape index (κ3) is 4.77. The van der Waals surface area contributed by atoms with Gasteiger partial charge in [-0.1, -0.05) is 46.8 Å². The Labute approximate surface area is 204 Å². The van der Waals surface area contributed by atoms with Crippen LogP contribution in [0.5, 0.6) is 0 Å². The number of esters is 1. The Bertz CT molecular complexity index is 969. The van der Waals surface area contributed by atoms with E-state index in [1.165, 1.54) is 0 Å². The minimum absolute atomic E-state index is 0.0209. The fourth-order valence-electron chi connectivity index (χ4n) is 5.93. The van der Waals surface area contributed by atoms with E-state index >= 15 is 0 Å². The van der Waals surface area contributed by atoms with E-state index in [4.69, 9.17) is 14.9 Å². The fraction of sp³-hybridized carbons (Fsp3) is 0.607. The molecule has 0 aromatic heterocycles. The maximum Gasteiger partial charge on any atom is 0.343 e. The van der Waals surface area contributed by atoms with Crippen LogP contribution < -0.4 is 0 Å². The average Bonchev–Trinajstić information content (AvgIpc) is 3.07. The minimum atomic E-state index is -0.549. The normalized spacial score (nSPS) is 28.9. The smallest absolute Gasteiger partial charge is 0.343 e. The SMILES string of the molecule is CCOC(=O)C1=CN(C2C(C)CCC2(C)C)C(/C(=C2\C=CC=C(OC)C2=N)C(C)CC)CC1=O. The third-order valence-electron chi connectivity index (χ3n) is 7.78. The highest BCUT2D eigenvalue weighted by Gasteiger charge is 2.48. The van der Waals surface area contributed by atoms with Crippen molar-refractivity contribution in [3.63, 3.8) is 0 Å². The molecule has 1 fully saturated rings. The number of allylic oxidation sites excluding steroid dienone is 4. The zero-order valence-corrected chi connectivity index (χ0v) is 21.7. The molecule has 0 spiro atoms. The van der Waals surface area contributed by atoms with Crippen molar-refractivity contribution in [2.75, 3.05) is 13.7 Å². The topological polar surface area (TPSA) is 79.7 Å². The van der Waals surface area contributed by atoms with Crippen LogP contribution in [0.3, 0.4) is 0 Å². The van der Waals surface area contributed by atoms with E-state index in [-0.39, 0.29) is 47.8 Å². The van der Waals surface area contributed by atoms with Gasteiger partial charge in [0, 0.05) is 24.2 Å². The number of ether oxygens (including phenoxy) is 2. The summed E-state index contributed by atoms with van der Waals surface area (Å²) >= 11 is 0. The second-order valence-electron chi connectivity index (χ2n) is 10.5. The van der Waals surface area contributed by atoms with Crippen LogP contribution >= 0.6 is 0 Å². The summed E-state index contributed by atoms with van der Waals surface area (Å²) < 4.78 is 10.7. The van der Waals surface area contributed by atoms with Crippen LogP contribution in [0.25, 0.3) is 0 Å². The summed E-state index contributed by atoms with van der Waals surface area (Å²) in [5.74, 6) is 0.327. The molecule has 6 nitrogen and oxygen atoms in total. The van der Waals surface area contributed by atoms with Crippen LogP contribution in [0.15, 0.2) is 46.9 Å². The third-order valence-corrected chi connectivity index (χ3v) is 7.78. The molecule has 4 unspecified atom stereocenters. The largest absolute Gasteiger partial charge is 0.494 e. The molecular formula is C28H40N2O4. The van der Waals surface area contributed by atoms with E-state index in [0.717, 1.165) is 30.4 Å². The maximum atomic E-state index is 13.3. The van der Waals surface area contributed by atoms with Gasteiger partial charge in [0.1, 0.15) is 17.0 Å². The average molecular weight is 469 g/mol. The van der Waals surface area contributed by atoms with Crippen molar-refractivity contribution in [2.24, 2.45) is 17.3 Å². The Morgan fingerprint density at radius 3 is 2.59 bits per heavy atom. The Balaban J connectivity index is 2.22. The first-order chi connectivity index (χ1) is 16.1. The number of nitrogens with one attached hydrogen (secondary N) is 1. The number of hydrogen-bond donors (Lipinski definition) is 1. The highest BCUT2D eigenvalue weighted by Crippen LogP contribution is 2.48. The molecule has 0 saturated heterocycles. The van der Waals surface area contributed by atoms with E-state index in [9.17, 15) is 9.59 Å². The van der Waals surface area contributed by atoms with Gasteiger partial charge >= 0.3 is 5.97 Å². The van der Waals surface area contributed by atoms with Crippen LogP contribution in [0.4, 0.5) is 0 Å². The van der Waals surface area contributed by atoms with Crippen molar-refractivity contribution in [1.82, 2.24) is 4.90 Å². The van der Waals surface area contributed by atoms with Crippen LogP contribution in [-0.2, 0) is 19.1 Å². The molecular weight excluding hydrogens is 428 g/mol. The lowest BCUT2D eigenvalue weighted by Crippen LogP contribution is -2.52. The number of hydrogen-bond acceptors (Lipinski definition) is 6. The summed E-state index contributed by atoms with van der Waals surface area (Å²) in [7, 11) is 1.58. The van der Waals surface area contributed by atoms with Crippen LogP contribution in [-0.4, -0.2) is 48.2 Å². The van der Waals surface area contributed by atoms with Crippen molar-refractivity contribution in [2.45, 2.75) is 79.3 Å². The summed E-state index contributed by atoms with van der Waals surface area (Å²) in [5, 5.41) is 8.83. The van der Waals surface area contributed by atoms with Crippen LogP contribution in [0, 0.1) is 22.7 Å². The number of methoxy groups -OCH3 is 1. The van der Waals surface area contributed by atoms with Crippen LogP contribution in [0.2, 0.25) is 0 Å². The number of ketones is 1. The van der Waals surface area contributed by atoms with Gasteiger partial charge in [0.25, 0.3) is 0 Å². The highest BCUT2D eigenvalue weighted by molar-refractivity contribution is 6.18. The van der Waals surface area contributed by atoms with Crippen molar-refractivity contribution in [3.8, 4) is 0 Å². The molecule has 1 N–H and O–H groups in total. The van der Waals surface area contributed by atoms with E-state index < -0.39 is 5.97 Å². The van der Waals surface area contributed by atoms with Gasteiger partial charge in [-0.2, -0.15) is 0 Å². The fourth-order valence-corrected chi connectivity index (χ4v) is 5.93. The molecule has 4 atom stereocenters. The predicted molar refractivity (Wildman–Crippen MR) is 134 cm³/mol. The predicted octanol–water partition coefficient (Wildman–Crippen LogP) is 5.36. The standard InChI is InChI=1S/C28H40N2O4/c1-8-17(3)24(19-11-10-12-23(33-7)25(19)29)21-15-22(31)20(27(32)34-9-2)16-30(21)26-18(4)13-14-28(26,5)6/h10-12,16-18,21,26,29H,8-9,13-15H2,1-7H3/b24-19+,29-25?. The summed E-state index contributed by atoms with van der Waals surface area (Å²) in [6.07, 6.45) is 10.7. The molecule has 2 aliphatic carbocycles. The monoisotopic (exact) mass is 468 g/mol. The first-order valence-corrected chi connectivity index (χ1v) is 12.5. The Kier molecular flexibility index (Phi) is 7.89. The molecule has 0 aromatic rings.